The van der Waals surface area contributed by atoms with Gasteiger partial charge in [0.05, 0.1) is 0 Å². The number of benzene rings is 2. The molecule has 0 heterocycles. The van der Waals surface area contributed by atoms with Crippen LogP contribution in [0.5, 0.6) is 0 Å². The Kier molecular flexibility index (Phi) is 6.82. The van der Waals surface area contributed by atoms with Crippen LogP contribution in [0.1, 0.15) is 30.5 Å². The van der Waals surface area contributed by atoms with E-state index in [1.54, 1.807) is 0 Å². The number of hydrogen-bond acceptors (Lipinski definition) is 2. The molecule has 2 aromatic carbocycles. The van der Waals surface area contributed by atoms with E-state index in [4.69, 9.17) is 0 Å². The van der Waals surface area contributed by atoms with E-state index in [-0.39, 0.29) is 0 Å². The van der Waals surface area contributed by atoms with Crippen molar-refractivity contribution in [2.24, 2.45) is 0 Å². The first-order valence-corrected chi connectivity index (χ1v) is 8.59. The van der Waals surface area contributed by atoms with Crippen molar-refractivity contribution in [1.82, 2.24) is 9.80 Å². The first-order valence-electron chi connectivity index (χ1n) is 8.59. The van der Waals surface area contributed by atoms with Gasteiger partial charge in [-0.1, -0.05) is 61.5 Å². The standard InChI is InChI=1S/C21H30N2/c1-5-19-12-9-13-21(14-19)17-23(18(2)15-22(3)4)16-20-10-7-6-8-11-20/h6-14,18H,5,15-17H2,1-4H3. The molecule has 23 heavy (non-hydrogen) atoms. The van der Waals surface area contributed by atoms with Gasteiger partial charge in [0.15, 0.2) is 0 Å². The van der Waals surface area contributed by atoms with Crippen LogP contribution in [0.25, 0.3) is 0 Å². The zero-order chi connectivity index (χ0) is 16.7. The normalized spacial score (nSPS) is 12.8. The maximum absolute atomic E-state index is 2.57. The summed E-state index contributed by atoms with van der Waals surface area (Å²) < 4.78 is 0. The lowest BCUT2D eigenvalue weighted by molar-refractivity contribution is 0.158. The summed E-state index contributed by atoms with van der Waals surface area (Å²) in [6.07, 6.45) is 1.10. The topological polar surface area (TPSA) is 6.48 Å². The summed E-state index contributed by atoms with van der Waals surface area (Å²) in [7, 11) is 4.30. The Morgan fingerprint density at radius 3 is 2.09 bits per heavy atom. The lowest BCUT2D eigenvalue weighted by atomic mass is 10.1. The zero-order valence-electron chi connectivity index (χ0n) is 15.0. The summed E-state index contributed by atoms with van der Waals surface area (Å²) >= 11 is 0. The van der Waals surface area contributed by atoms with Crippen LogP contribution in [0, 0.1) is 0 Å². The van der Waals surface area contributed by atoms with E-state index in [9.17, 15) is 0 Å². The van der Waals surface area contributed by atoms with E-state index in [1.807, 2.05) is 0 Å². The van der Waals surface area contributed by atoms with Crippen molar-refractivity contribution < 1.29 is 0 Å². The molecule has 0 spiro atoms. The van der Waals surface area contributed by atoms with Crippen molar-refractivity contribution in [2.45, 2.75) is 39.4 Å². The van der Waals surface area contributed by atoms with E-state index in [1.165, 1.54) is 16.7 Å². The molecule has 124 valence electrons. The van der Waals surface area contributed by atoms with E-state index in [0.717, 1.165) is 26.1 Å². The Bertz CT molecular complexity index is 577. The first kappa shape index (κ1) is 17.7. The monoisotopic (exact) mass is 310 g/mol. The second-order valence-corrected chi connectivity index (χ2v) is 6.68. The number of hydrogen-bond donors (Lipinski definition) is 0. The lowest BCUT2D eigenvalue weighted by Gasteiger charge is -2.31. The van der Waals surface area contributed by atoms with Crippen LogP contribution in [0.15, 0.2) is 54.6 Å². The molecule has 0 bridgehead atoms. The Morgan fingerprint density at radius 1 is 0.826 bits per heavy atom. The van der Waals surface area contributed by atoms with Gasteiger partial charge in [-0.2, -0.15) is 0 Å². The van der Waals surface area contributed by atoms with Gasteiger partial charge in [-0.25, -0.2) is 0 Å². The number of nitrogens with zero attached hydrogens (tertiary/aromatic N) is 2. The lowest BCUT2D eigenvalue weighted by Crippen LogP contribution is -2.39. The minimum Gasteiger partial charge on any atom is -0.308 e. The summed E-state index contributed by atoms with van der Waals surface area (Å²) in [5, 5.41) is 0. The van der Waals surface area contributed by atoms with Crippen molar-refractivity contribution in [1.29, 1.82) is 0 Å². The fraction of sp³-hybridized carbons (Fsp3) is 0.429. The summed E-state index contributed by atoms with van der Waals surface area (Å²) in [6, 6.07) is 20.3. The van der Waals surface area contributed by atoms with Crippen molar-refractivity contribution in [3.8, 4) is 0 Å². The maximum Gasteiger partial charge on any atom is 0.0240 e. The third-order valence-electron chi connectivity index (χ3n) is 4.27. The highest BCUT2D eigenvalue weighted by molar-refractivity contribution is 5.24. The van der Waals surface area contributed by atoms with Crippen LogP contribution < -0.4 is 0 Å². The average Bonchev–Trinajstić information content (AvgIpc) is 2.55. The molecule has 2 rings (SSSR count). The largest absolute Gasteiger partial charge is 0.308 e. The van der Waals surface area contributed by atoms with Crippen LogP contribution in [0.2, 0.25) is 0 Å². The molecule has 2 aromatic rings. The van der Waals surface area contributed by atoms with Gasteiger partial charge >= 0.3 is 0 Å². The van der Waals surface area contributed by atoms with Gasteiger partial charge in [-0.15, -0.1) is 0 Å². The molecular weight excluding hydrogens is 280 g/mol. The molecule has 0 saturated carbocycles. The molecule has 0 fully saturated rings. The van der Waals surface area contributed by atoms with Gasteiger partial charge in [-0.3, -0.25) is 4.90 Å². The van der Waals surface area contributed by atoms with Gasteiger partial charge in [0.2, 0.25) is 0 Å². The van der Waals surface area contributed by atoms with Crippen LogP contribution >= 0.6 is 0 Å². The smallest absolute Gasteiger partial charge is 0.0240 e. The molecular formula is C21H30N2. The first-order chi connectivity index (χ1) is 11.1. The highest BCUT2D eigenvalue weighted by Gasteiger charge is 2.15. The van der Waals surface area contributed by atoms with Crippen LogP contribution in [-0.2, 0) is 19.5 Å². The molecule has 0 N–H and O–H groups in total. The van der Waals surface area contributed by atoms with E-state index < -0.39 is 0 Å². The Balaban J connectivity index is 2.14. The van der Waals surface area contributed by atoms with Gasteiger partial charge in [0, 0.05) is 25.7 Å². The predicted octanol–water partition coefficient (Wildman–Crippen LogP) is 4.20. The number of rotatable bonds is 8. The van der Waals surface area contributed by atoms with Crippen molar-refractivity contribution in [2.75, 3.05) is 20.6 Å². The number of likely N-dealkylation sites (N-methyl/N-ethyl adjacent to an activating group) is 1. The Labute approximate surface area is 141 Å². The molecule has 1 atom stereocenters. The molecule has 0 amide bonds. The van der Waals surface area contributed by atoms with E-state index in [2.05, 4.69) is 92.3 Å². The van der Waals surface area contributed by atoms with Gasteiger partial charge in [-0.05, 0) is 44.1 Å². The minimum absolute atomic E-state index is 0.510. The maximum atomic E-state index is 2.57. The molecule has 2 nitrogen and oxygen atoms in total. The fourth-order valence-electron chi connectivity index (χ4n) is 3.01. The molecule has 0 radical (unpaired) electrons. The molecule has 2 heteroatoms. The molecule has 0 aliphatic carbocycles. The van der Waals surface area contributed by atoms with E-state index >= 15 is 0 Å². The summed E-state index contributed by atoms with van der Waals surface area (Å²) in [5.74, 6) is 0. The average molecular weight is 310 g/mol. The third kappa shape index (κ3) is 5.81. The van der Waals surface area contributed by atoms with Crippen LogP contribution in [-0.4, -0.2) is 36.5 Å². The van der Waals surface area contributed by atoms with Gasteiger partial charge in [0.1, 0.15) is 0 Å². The second kappa shape index (κ2) is 8.85. The quantitative estimate of drug-likeness (QED) is 0.721. The Morgan fingerprint density at radius 2 is 1.43 bits per heavy atom. The van der Waals surface area contributed by atoms with Crippen molar-refractivity contribution >= 4 is 0 Å². The molecule has 0 aliphatic heterocycles. The number of aryl methyl sites for hydroxylation is 1. The highest BCUT2D eigenvalue weighted by atomic mass is 15.2. The minimum atomic E-state index is 0.510. The van der Waals surface area contributed by atoms with Gasteiger partial charge < -0.3 is 4.90 Å². The zero-order valence-corrected chi connectivity index (χ0v) is 15.0. The molecule has 1 unspecified atom stereocenters. The van der Waals surface area contributed by atoms with Gasteiger partial charge in [0.25, 0.3) is 0 Å². The Hall–Kier alpha value is -1.64. The summed E-state index contributed by atoms with van der Waals surface area (Å²) in [5.41, 5.74) is 4.21. The molecule has 0 aromatic heterocycles. The van der Waals surface area contributed by atoms with Crippen LogP contribution in [0.3, 0.4) is 0 Å². The molecule has 0 saturated heterocycles. The van der Waals surface area contributed by atoms with Crippen molar-refractivity contribution in [3.63, 3.8) is 0 Å². The van der Waals surface area contributed by atoms with E-state index in [0.29, 0.717) is 6.04 Å². The SMILES string of the molecule is CCc1cccc(CN(Cc2ccccc2)C(C)CN(C)C)c1. The third-order valence-corrected chi connectivity index (χ3v) is 4.27. The summed E-state index contributed by atoms with van der Waals surface area (Å²) in [6.45, 7) is 7.60. The molecule has 0 aliphatic rings. The summed E-state index contributed by atoms with van der Waals surface area (Å²) in [4.78, 5) is 4.84. The van der Waals surface area contributed by atoms with Crippen LogP contribution in [0.4, 0.5) is 0 Å². The predicted molar refractivity (Wildman–Crippen MR) is 99.5 cm³/mol. The highest BCUT2D eigenvalue weighted by Crippen LogP contribution is 2.15. The van der Waals surface area contributed by atoms with Crippen molar-refractivity contribution in [3.05, 3.63) is 71.3 Å². The fourth-order valence-corrected chi connectivity index (χ4v) is 3.01. The second-order valence-electron chi connectivity index (χ2n) is 6.68.